The molecule has 114 valence electrons. The Hall–Kier alpha value is -1.59. The molecule has 0 aliphatic carbocycles. The number of halogens is 2. The van der Waals surface area contributed by atoms with Crippen molar-refractivity contribution < 1.29 is 4.79 Å². The summed E-state index contributed by atoms with van der Waals surface area (Å²) in [5.41, 5.74) is 1.00. The number of hydrogen-bond acceptors (Lipinski definition) is 4. The molecule has 0 aromatic carbocycles. The van der Waals surface area contributed by atoms with Gasteiger partial charge >= 0.3 is 0 Å². The quantitative estimate of drug-likeness (QED) is 0.595. The number of pyridine rings is 1. The van der Waals surface area contributed by atoms with E-state index < -0.39 is 5.38 Å². The van der Waals surface area contributed by atoms with Crippen molar-refractivity contribution in [2.24, 2.45) is 0 Å². The van der Waals surface area contributed by atoms with Crippen LogP contribution in [0.3, 0.4) is 0 Å². The van der Waals surface area contributed by atoms with Crippen molar-refractivity contribution in [1.29, 1.82) is 5.41 Å². The topological polar surface area (TPSA) is 69.1 Å². The third kappa shape index (κ3) is 5.02. The second-order valence-electron chi connectivity index (χ2n) is 4.19. The molecule has 2 N–H and O–H groups in total. The number of nitrogens with zero attached hydrogens (tertiary/aromatic N) is 2. The van der Waals surface area contributed by atoms with Crippen LogP contribution in [0.5, 0.6) is 0 Å². The fourth-order valence-electron chi connectivity index (χ4n) is 1.65. The molecule has 0 spiro atoms. The van der Waals surface area contributed by atoms with Crippen molar-refractivity contribution in [3.05, 3.63) is 36.4 Å². The number of allylic oxidation sites excluding steroid dienone is 1. The van der Waals surface area contributed by atoms with Gasteiger partial charge in [0.1, 0.15) is 10.5 Å². The van der Waals surface area contributed by atoms with E-state index in [0.29, 0.717) is 13.0 Å². The molecule has 21 heavy (non-hydrogen) atoms. The third-order valence-corrected chi connectivity index (χ3v) is 3.45. The zero-order chi connectivity index (χ0) is 15.8. The van der Waals surface area contributed by atoms with Crippen molar-refractivity contribution in [2.45, 2.75) is 25.6 Å². The Balaban J connectivity index is 2.98. The normalized spacial score (nSPS) is 12.7. The molecule has 0 aliphatic heterocycles. The number of aromatic nitrogens is 1. The van der Waals surface area contributed by atoms with Crippen LogP contribution >= 0.6 is 23.2 Å². The monoisotopic (exact) mass is 328 g/mol. The Bertz CT molecular complexity index is 519. The van der Waals surface area contributed by atoms with Crippen LogP contribution in [-0.2, 0) is 4.79 Å². The first-order chi connectivity index (χ1) is 10.0. The average molecular weight is 329 g/mol. The van der Waals surface area contributed by atoms with E-state index in [2.05, 4.69) is 10.3 Å². The van der Waals surface area contributed by atoms with Crippen LogP contribution in [0.25, 0.3) is 0 Å². The standard InChI is InChI=1S/C14H18Cl2N4O/c1-3-11(15)14(21)20(4-2)12(13(16)17)9-19-10-6-5-7-18-8-10/h5-9,11,17,19H,3-4H2,1-2H3/b12-9+,17-13?. The number of hydrogen-bond donors (Lipinski definition) is 2. The van der Waals surface area contributed by atoms with Gasteiger partial charge in [-0.15, -0.1) is 11.6 Å². The van der Waals surface area contributed by atoms with Gasteiger partial charge in [0.2, 0.25) is 5.91 Å². The first-order valence-corrected chi connectivity index (χ1v) is 7.39. The van der Waals surface area contributed by atoms with Gasteiger partial charge in [-0.1, -0.05) is 18.5 Å². The number of rotatable bonds is 7. The van der Waals surface area contributed by atoms with Gasteiger partial charge in [-0.3, -0.25) is 15.2 Å². The van der Waals surface area contributed by atoms with Gasteiger partial charge in [-0.05, 0) is 25.5 Å². The molecule has 0 saturated heterocycles. The number of anilines is 1. The van der Waals surface area contributed by atoms with Gasteiger partial charge < -0.3 is 10.2 Å². The highest BCUT2D eigenvalue weighted by molar-refractivity contribution is 6.68. The molecule has 0 fully saturated rings. The molecule has 1 rings (SSSR count). The van der Waals surface area contributed by atoms with Crippen LogP contribution in [0.15, 0.2) is 36.4 Å². The van der Waals surface area contributed by atoms with E-state index in [1.807, 2.05) is 13.0 Å². The second kappa shape index (κ2) is 8.64. The highest BCUT2D eigenvalue weighted by atomic mass is 35.5. The van der Waals surface area contributed by atoms with E-state index >= 15 is 0 Å². The predicted octanol–water partition coefficient (Wildman–Crippen LogP) is 3.42. The van der Waals surface area contributed by atoms with E-state index in [1.54, 1.807) is 25.4 Å². The van der Waals surface area contributed by atoms with Crippen molar-refractivity contribution in [1.82, 2.24) is 9.88 Å². The van der Waals surface area contributed by atoms with Gasteiger partial charge in [0.05, 0.1) is 17.6 Å². The molecule has 1 aromatic heterocycles. The lowest BCUT2D eigenvalue weighted by Crippen LogP contribution is -2.37. The Morgan fingerprint density at radius 3 is 2.76 bits per heavy atom. The minimum absolute atomic E-state index is 0.235. The van der Waals surface area contributed by atoms with Gasteiger partial charge in [0.15, 0.2) is 0 Å². The molecule has 1 heterocycles. The zero-order valence-electron chi connectivity index (χ0n) is 11.9. The lowest BCUT2D eigenvalue weighted by atomic mass is 10.2. The maximum atomic E-state index is 12.2. The first kappa shape index (κ1) is 17.5. The van der Waals surface area contributed by atoms with Gasteiger partial charge in [0.25, 0.3) is 0 Å². The lowest BCUT2D eigenvalue weighted by molar-refractivity contribution is -0.128. The Kier molecular flexibility index (Phi) is 7.19. The van der Waals surface area contributed by atoms with Crippen LogP contribution < -0.4 is 5.32 Å². The molecular weight excluding hydrogens is 311 g/mol. The van der Waals surface area contributed by atoms with Crippen LogP contribution in [0.2, 0.25) is 0 Å². The van der Waals surface area contributed by atoms with Crippen molar-refractivity contribution in [3.8, 4) is 0 Å². The molecule has 1 atom stereocenters. The van der Waals surface area contributed by atoms with Crippen molar-refractivity contribution in [3.63, 3.8) is 0 Å². The summed E-state index contributed by atoms with van der Waals surface area (Å²) in [6.07, 6.45) is 5.30. The van der Waals surface area contributed by atoms with Crippen LogP contribution in [0, 0.1) is 5.41 Å². The summed E-state index contributed by atoms with van der Waals surface area (Å²) < 4.78 is 0. The largest absolute Gasteiger partial charge is 0.358 e. The molecule has 7 heteroatoms. The zero-order valence-corrected chi connectivity index (χ0v) is 13.4. The molecule has 1 unspecified atom stereocenters. The number of nitrogens with one attached hydrogen (secondary N) is 2. The Labute approximate surface area is 134 Å². The van der Waals surface area contributed by atoms with Crippen molar-refractivity contribution >= 4 is 40.0 Å². The summed E-state index contributed by atoms with van der Waals surface area (Å²) in [7, 11) is 0. The maximum absolute atomic E-state index is 12.2. The lowest BCUT2D eigenvalue weighted by Gasteiger charge is -2.24. The first-order valence-electron chi connectivity index (χ1n) is 6.57. The minimum atomic E-state index is -0.636. The summed E-state index contributed by atoms with van der Waals surface area (Å²) in [6, 6.07) is 3.59. The smallest absolute Gasteiger partial charge is 0.245 e. The van der Waals surface area contributed by atoms with Crippen molar-refractivity contribution in [2.75, 3.05) is 11.9 Å². The number of carbonyl (C=O) groups is 1. The summed E-state index contributed by atoms with van der Waals surface area (Å²) in [5, 5.41) is 9.74. The third-order valence-electron chi connectivity index (χ3n) is 2.76. The highest BCUT2D eigenvalue weighted by Crippen LogP contribution is 2.15. The molecule has 1 aromatic rings. The summed E-state index contributed by atoms with van der Waals surface area (Å²) in [4.78, 5) is 17.6. The molecule has 0 saturated carbocycles. The summed E-state index contributed by atoms with van der Waals surface area (Å²) >= 11 is 11.8. The van der Waals surface area contributed by atoms with E-state index in [9.17, 15) is 4.79 Å². The van der Waals surface area contributed by atoms with Gasteiger partial charge in [0, 0.05) is 18.9 Å². The average Bonchev–Trinajstić information content (AvgIpc) is 2.50. The molecule has 0 bridgehead atoms. The molecule has 1 amide bonds. The summed E-state index contributed by atoms with van der Waals surface area (Å²) in [5.74, 6) is -0.272. The van der Waals surface area contributed by atoms with E-state index in [0.717, 1.165) is 5.69 Å². The fraction of sp³-hybridized carbons (Fsp3) is 0.357. The SMILES string of the molecule is CCC(Cl)C(=O)N(CC)/C(=C/Nc1cccnc1)C(=N)Cl. The highest BCUT2D eigenvalue weighted by Gasteiger charge is 2.24. The Morgan fingerprint density at radius 1 is 1.57 bits per heavy atom. The fourth-order valence-corrected chi connectivity index (χ4v) is 1.92. The Morgan fingerprint density at radius 2 is 2.29 bits per heavy atom. The number of amides is 1. The van der Waals surface area contributed by atoms with Gasteiger partial charge in [-0.2, -0.15) is 0 Å². The van der Waals surface area contributed by atoms with Gasteiger partial charge in [-0.25, -0.2) is 0 Å². The summed E-state index contributed by atoms with van der Waals surface area (Å²) in [6.45, 7) is 4.00. The number of carbonyl (C=O) groups excluding carboxylic acids is 1. The molecular formula is C14H18Cl2N4O. The molecule has 0 radical (unpaired) electrons. The van der Waals surface area contributed by atoms with E-state index in [4.69, 9.17) is 28.6 Å². The molecule has 5 nitrogen and oxygen atoms in total. The maximum Gasteiger partial charge on any atom is 0.245 e. The molecule has 0 aliphatic rings. The number of alkyl halides is 1. The van der Waals surface area contributed by atoms with Crippen LogP contribution in [0.4, 0.5) is 5.69 Å². The van der Waals surface area contributed by atoms with Crippen LogP contribution in [-0.4, -0.2) is 32.9 Å². The predicted molar refractivity (Wildman–Crippen MR) is 86.8 cm³/mol. The van der Waals surface area contributed by atoms with Crippen LogP contribution in [0.1, 0.15) is 20.3 Å². The van der Waals surface area contributed by atoms with E-state index in [-0.39, 0.29) is 16.8 Å². The minimum Gasteiger partial charge on any atom is -0.358 e. The second-order valence-corrected chi connectivity index (χ2v) is 5.09. The van der Waals surface area contributed by atoms with E-state index in [1.165, 1.54) is 11.1 Å².